The molecular weight excluding hydrogens is 313 g/mol. The minimum absolute atomic E-state index is 0.249. The summed E-state index contributed by atoms with van der Waals surface area (Å²) < 4.78 is 18.3. The Morgan fingerprint density at radius 2 is 1.96 bits per heavy atom. The third-order valence-electron chi connectivity index (χ3n) is 3.07. The van der Waals surface area contributed by atoms with Crippen LogP contribution in [0, 0.1) is 5.82 Å². The van der Waals surface area contributed by atoms with Gasteiger partial charge in [-0.05, 0) is 56.0 Å². The van der Waals surface area contributed by atoms with E-state index in [-0.39, 0.29) is 5.82 Å². The average Bonchev–Trinajstić information content (AvgIpc) is 2.56. The number of halogens is 1. The molecule has 0 aromatic heterocycles. The molecule has 0 heterocycles. The molecule has 0 fully saturated rings. The Kier molecular flexibility index (Phi) is 11.1. The third-order valence-corrected chi connectivity index (χ3v) is 3.76. The molecule has 0 aliphatic heterocycles. The predicted octanol–water partition coefficient (Wildman–Crippen LogP) is 3.29. The molecule has 0 atom stereocenters. The maximum absolute atomic E-state index is 12.8. The Balaban J connectivity index is 2.18. The van der Waals surface area contributed by atoms with Gasteiger partial charge in [0.1, 0.15) is 11.6 Å². The van der Waals surface area contributed by atoms with Crippen molar-refractivity contribution < 1.29 is 9.13 Å². The Morgan fingerprint density at radius 1 is 1.17 bits per heavy atom. The molecule has 0 bridgehead atoms. The zero-order chi connectivity index (χ0) is 16.8. The molecule has 4 nitrogen and oxygen atoms in total. The first kappa shape index (κ1) is 19.6. The lowest BCUT2D eigenvalue weighted by atomic mass is 10.3. The number of benzene rings is 1. The van der Waals surface area contributed by atoms with E-state index in [1.165, 1.54) is 24.3 Å². The fraction of sp³-hybridized carbons (Fsp3) is 0.588. The summed E-state index contributed by atoms with van der Waals surface area (Å²) in [5.41, 5.74) is 0. The second kappa shape index (κ2) is 13.0. The first-order valence-corrected chi connectivity index (χ1v) is 9.55. The summed E-state index contributed by atoms with van der Waals surface area (Å²) in [4.78, 5) is 4.53. The molecule has 2 N–H and O–H groups in total. The van der Waals surface area contributed by atoms with E-state index in [9.17, 15) is 4.39 Å². The van der Waals surface area contributed by atoms with E-state index in [0.29, 0.717) is 18.9 Å². The lowest BCUT2D eigenvalue weighted by Crippen LogP contribution is -2.38. The molecule has 1 aromatic carbocycles. The number of unbranched alkanes of at least 4 members (excludes halogenated alkanes) is 1. The van der Waals surface area contributed by atoms with Crippen LogP contribution in [0.4, 0.5) is 4.39 Å². The molecule has 0 amide bonds. The maximum atomic E-state index is 12.8. The highest BCUT2D eigenvalue weighted by Crippen LogP contribution is 2.11. The Labute approximate surface area is 143 Å². The van der Waals surface area contributed by atoms with Crippen molar-refractivity contribution in [3.05, 3.63) is 30.1 Å². The number of guanidine groups is 1. The lowest BCUT2D eigenvalue weighted by Gasteiger charge is -2.11. The van der Waals surface area contributed by atoms with E-state index in [0.717, 1.165) is 31.9 Å². The molecular formula is C17H28FN3OS. The van der Waals surface area contributed by atoms with Gasteiger partial charge in [0.05, 0.1) is 6.61 Å². The van der Waals surface area contributed by atoms with E-state index in [4.69, 9.17) is 4.74 Å². The summed E-state index contributed by atoms with van der Waals surface area (Å²) in [6.45, 7) is 5.12. The van der Waals surface area contributed by atoms with Gasteiger partial charge in [-0.1, -0.05) is 0 Å². The van der Waals surface area contributed by atoms with Crippen molar-refractivity contribution in [1.82, 2.24) is 10.6 Å². The van der Waals surface area contributed by atoms with Gasteiger partial charge in [0.25, 0.3) is 0 Å². The molecule has 0 saturated carbocycles. The summed E-state index contributed by atoms with van der Waals surface area (Å²) >= 11 is 1.88. The fourth-order valence-corrected chi connectivity index (χ4v) is 2.39. The Bertz CT molecular complexity index is 440. The van der Waals surface area contributed by atoms with E-state index in [1.54, 1.807) is 12.1 Å². The standard InChI is InChI=1S/C17H28FN3OS/c1-3-19-17(20-11-4-5-14-23-2)21-12-6-13-22-16-9-7-15(18)8-10-16/h7-10H,3-6,11-14H2,1-2H3,(H2,19,20,21). The van der Waals surface area contributed by atoms with Crippen LogP contribution < -0.4 is 15.4 Å². The number of aliphatic imine (C=N–C) groups is 1. The topological polar surface area (TPSA) is 45.7 Å². The first-order valence-electron chi connectivity index (χ1n) is 8.15. The monoisotopic (exact) mass is 341 g/mol. The van der Waals surface area contributed by atoms with Gasteiger partial charge in [0.2, 0.25) is 0 Å². The molecule has 0 spiro atoms. The molecule has 0 unspecified atom stereocenters. The summed E-state index contributed by atoms with van der Waals surface area (Å²) in [5.74, 6) is 2.50. The van der Waals surface area contributed by atoms with Crippen molar-refractivity contribution in [2.75, 3.05) is 38.2 Å². The van der Waals surface area contributed by atoms with E-state index >= 15 is 0 Å². The van der Waals surface area contributed by atoms with Gasteiger partial charge in [0, 0.05) is 26.1 Å². The molecule has 0 saturated heterocycles. The third kappa shape index (κ3) is 10.0. The van der Waals surface area contributed by atoms with Gasteiger partial charge in [0.15, 0.2) is 5.96 Å². The number of hydrogen-bond donors (Lipinski definition) is 2. The fourth-order valence-electron chi connectivity index (χ4n) is 1.90. The highest BCUT2D eigenvalue weighted by atomic mass is 32.2. The van der Waals surface area contributed by atoms with Crippen LogP contribution in [-0.2, 0) is 0 Å². The van der Waals surface area contributed by atoms with E-state index in [2.05, 4.69) is 28.8 Å². The van der Waals surface area contributed by atoms with E-state index < -0.39 is 0 Å². The Morgan fingerprint density at radius 3 is 2.65 bits per heavy atom. The number of nitrogens with one attached hydrogen (secondary N) is 2. The van der Waals surface area contributed by atoms with E-state index in [1.807, 2.05) is 11.8 Å². The summed E-state index contributed by atoms with van der Waals surface area (Å²) in [7, 11) is 0. The van der Waals surface area contributed by atoms with Gasteiger partial charge in [-0.2, -0.15) is 11.8 Å². The quantitative estimate of drug-likeness (QED) is 0.368. The van der Waals surface area contributed by atoms with Crippen molar-refractivity contribution in [2.45, 2.75) is 26.2 Å². The van der Waals surface area contributed by atoms with Gasteiger partial charge in [-0.15, -0.1) is 0 Å². The van der Waals surface area contributed by atoms with Crippen molar-refractivity contribution in [3.63, 3.8) is 0 Å². The highest BCUT2D eigenvalue weighted by Gasteiger charge is 1.97. The number of nitrogens with zero attached hydrogens (tertiary/aromatic N) is 1. The summed E-state index contributed by atoms with van der Waals surface area (Å²) in [5, 5.41) is 6.58. The van der Waals surface area contributed by atoms with Crippen LogP contribution in [0.25, 0.3) is 0 Å². The smallest absolute Gasteiger partial charge is 0.191 e. The summed E-state index contributed by atoms with van der Waals surface area (Å²) in [6.07, 6.45) is 5.32. The largest absolute Gasteiger partial charge is 0.494 e. The predicted molar refractivity (Wildman–Crippen MR) is 98.1 cm³/mol. The molecule has 0 aliphatic rings. The number of thioether (sulfide) groups is 1. The minimum Gasteiger partial charge on any atom is -0.494 e. The molecule has 0 radical (unpaired) electrons. The summed E-state index contributed by atoms with van der Waals surface area (Å²) in [6, 6.07) is 6.08. The van der Waals surface area contributed by atoms with Crippen LogP contribution in [-0.4, -0.2) is 44.2 Å². The van der Waals surface area contributed by atoms with Crippen molar-refractivity contribution in [3.8, 4) is 5.75 Å². The van der Waals surface area contributed by atoms with Crippen molar-refractivity contribution in [1.29, 1.82) is 0 Å². The van der Waals surface area contributed by atoms with Crippen LogP contribution in [0.2, 0.25) is 0 Å². The second-order valence-corrected chi connectivity index (χ2v) is 6.03. The van der Waals surface area contributed by atoms with Crippen LogP contribution in [0.5, 0.6) is 5.75 Å². The number of rotatable bonds is 11. The zero-order valence-electron chi connectivity index (χ0n) is 14.1. The molecule has 6 heteroatoms. The van der Waals surface area contributed by atoms with Crippen LogP contribution >= 0.6 is 11.8 Å². The SMILES string of the molecule is CCNC(=NCCCOc1ccc(F)cc1)NCCCCSC. The van der Waals surface area contributed by atoms with Gasteiger partial charge < -0.3 is 15.4 Å². The molecule has 1 rings (SSSR count). The number of ether oxygens (including phenoxy) is 1. The van der Waals surface area contributed by atoms with Crippen molar-refractivity contribution >= 4 is 17.7 Å². The molecule has 1 aromatic rings. The van der Waals surface area contributed by atoms with Crippen LogP contribution in [0.15, 0.2) is 29.3 Å². The van der Waals surface area contributed by atoms with Crippen LogP contribution in [0.1, 0.15) is 26.2 Å². The van der Waals surface area contributed by atoms with Gasteiger partial charge in [-0.25, -0.2) is 4.39 Å². The van der Waals surface area contributed by atoms with Crippen LogP contribution in [0.3, 0.4) is 0 Å². The lowest BCUT2D eigenvalue weighted by molar-refractivity contribution is 0.313. The highest BCUT2D eigenvalue weighted by molar-refractivity contribution is 7.98. The molecule has 130 valence electrons. The normalized spacial score (nSPS) is 11.3. The molecule has 0 aliphatic carbocycles. The first-order chi connectivity index (χ1) is 11.3. The molecule has 23 heavy (non-hydrogen) atoms. The Hall–Kier alpha value is -1.43. The second-order valence-electron chi connectivity index (χ2n) is 5.04. The number of hydrogen-bond acceptors (Lipinski definition) is 3. The zero-order valence-corrected chi connectivity index (χ0v) is 14.9. The maximum Gasteiger partial charge on any atom is 0.191 e. The van der Waals surface area contributed by atoms with Gasteiger partial charge >= 0.3 is 0 Å². The van der Waals surface area contributed by atoms with Gasteiger partial charge in [-0.3, -0.25) is 4.99 Å². The minimum atomic E-state index is -0.249. The average molecular weight is 341 g/mol. The van der Waals surface area contributed by atoms with Crippen molar-refractivity contribution in [2.24, 2.45) is 4.99 Å².